The van der Waals surface area contributed by atoms with Crippen LogP contribution >= 0.6 is 0 Å². The first-order valence-electron chi connectivity index (χ1n) is 10.9. The molecule has 3 aromatic rings. The van der Waals surface area contributed by atoms with Crippen molar-refractivity contribution in [3.63, 3.8) is 0 Å². The highest BCUT2D eigenvalue weighted by molar-refractivity contribution is 6.04. The quantitative estimate of drug-likeness (QED) is 0.567. The SMILES string of the molecule is [C-]#[N+]c1ccc(-c2ccc3ncc4c(c3n2)N(C2CCN(C(C)=O)CC2)C(=O)N(C)C4)cn1. The van der Waals surface area contributed by atoms with Gasteiger partial charge in [0.25, 0.3) is 5.82 Å². The van der Waals surface area contributed by atoms with E-state index in [2.05, 4.69) is 14.8 Å². The van der Waals surface area contributed by atoms with Crippen LogP contribution in [0.2, 0.25) is 0 Å². The third kappa shape index (κ3) is 3.63. The zero-order valence-corrected chi connectivity index (χ0v) is 18.5. The van der Waals surface area contributed by atoms with Crippen molar-refractivity contribution in [2.45, 2.75) is 32.4 Å². The van der Waals surface area contributed by atoms with Crippen LogP contribution in [0.25, 0.3) is 27.1 Å². The van der Waals surface area contributed by atoms with Crippen LogP contribution in [0.15, 0.2) is 36.7 Å². The molecule has 3 amide bonds. The van der Waals surface area contributed by atoms with Crippen molar-refractivity contribution in [3.8, 4) is 11.3 Å². The van der Waals surface area contributed by atoms with E-state index in [-0.39, 0.29) is 18.0 Å². The number of pyridine rings is 3. The molecule has 0 N–H and O–H groups in total. The molecular weight excluding hydrogens is 418 g/mol. The number of aromatic nitrogens is 3. The number of amides is 3. The summed E-state index contributed by atoms with van der Waals surface area (Å²) in [6.45, 7) is 10.4. The standard InChI is InChI=1S/C24H23N7O2/c1-15(32)30-10-8-18(9-11-30)31-23-17(14-29(3)24(31)33)13-26-20-6-5-19(28-22(20)23)16-4-7-21(25-2)27-12-16/h4-7,12-13,18H,8-11,14H2,1,3H3. The molecule has 9 nitrogen and oxygen atoms in total. The highest BCUT2D eigenvalue weighted by atomic mass is 16.2. The summed E-state index contributed by atoms with van der Waals surface area (Å²) in [6.07, 6.45) is 4.89. The molecule has 33 heavy (non-hydrogen) atoms. The van der Waals surface area contributed by atoms with Crippen LogP contribution in [-0.2, 0) is 11.3 Å². The van der Waals surface area contributed by atoms with Gasteiger partial charge in [-0.2, -0.15) is 0 Å². The normalized spacial score (nSPS) is 16.6. The van der Waals surface area contributed by atoms with Crippen LogP contribution in [0, 0.1) is 6.57 Å². The lowest BCUT2D eigenvalue weighted by molar-refractivity contribution is -0.129. The van der Waals surface area contributed by atoms with E-state index in [1.54, 1.807) is 31.1 Å². The first kappa shape index (κ1) is 20.8. The van der Waals surface area contributed by atoms with Gasteiger partial charge in [-0.1, -0.05) is 12.6 Å². The molecule has 0 aromatic carbocycles. The van der Waals surface area contributed by atoms with Crippen molar-refractivity contribution in [3.05, 3.63) is 53.6 Å². The molecule has 3 aromatic heterocycles. The molecule has 5 rings (SSSR count). The van der Waals surface area contributed by atoms with E-state index in [4.69, 9.17) is 11.6 Å². The Morgan fingerprint density at radius 3 is 2.58 bits per heavy atom. The second-order valence-corrected chi connectivity index (χ2v) is 8.46. The first-order valence-corrected chi connectivity index (χ1v) is 10.9. The van der Waals surface area contributed by atoms with Crippen LogP contribution in [-0.4, -0.2) is 62.9 Å². The molecule has 0 saturated carbocycles. The summed E-state index contributed by atoms with van der Waals surface area (Å²) in [5.74, 6) is 0.394. The Labute approximate surface area is 191 Å². The van der Waals surface area contributed by atoms with Gasteiger partial charge in [0, 0.05) is 50.4 Å². The van der Waals surface area contributed by atoms with Crippen molar-refractivity contribution in [1.29, 1.82) is 0 Å². The summed E-state index contributed by atoms with van der Waals surface area (Å²) in [5, 5.41) is 0. The van der Waals surface area contributed by atoms with E-state index < -0.39 is 0 Å². The van der Waals surface area contributed by atoms with E-state index >= 15 is 0 Å². The monoisotopic (exact) mass is 441 g/mol. The zero-order chi connectivity index (χ0) is 23.1. The number of piperidine rings is 1. The molecule has 0 spiro atoms. The fourth-order valence-corrected chi connectivity index (χ4v) is 4.62. The molecule has 0 bridgehead atoms. The van der Waals surface area contributed by atoms with Crippen LogP contribution in [0.5, 0.6) is 0 Å². The Balaban J connectivity index is 1.60. The number of urea groups is 1. The summed E-state index contributed by atoms with van der Waals surface area (Å²) in [5.41, 5.74) is 4.64. The highest BCUT2D eigenvalue weighted by Crippen LogP contribution is 2.37. The maximum absolute atomic E-state index is 13.4. The smallest absolute Gasteiger partial charge is 0.324 e. The largest absolute Gasteiger partial charge is 0.361 e. The first-order chi connectivity index (χ1) is 16.0. The van der Waals surface area contributed by atoms with E-state index in [1.807, 2.05) is 34.2 Å². The van der Waals surface area contributed by atoms with Crippen molar-refractivity contribution >= 4 is 34.5 Å². The molecule has 0 aliphatic carbocycles. The minimum absolute atomic E-state index is 0.0229. The molecule has 1 saturated heterocycles. The van der Waals surface area contributed by atoms with Gasteiger partial charge in [0.05, 0.1) is 23.4 Å². The number of nitrogens with zero attached hydrogens (tertiary/aromatic N) is 7. The molecule has 0 unspecified atom stereocenters. The van der Waals surface area contributed by atoms with Gasteiger partial charge < -0.3 is 14.6 Å². The van der Waals surface area contributed by atoms with Gasteiger partial charge in [0.2, 0.25) is 5.91 Å². The van der Waals surface area contributed by atoms with Crippen LogP contribution < -0.4 is 4.90 Å². The van der Waals surface area contributed by atoms with E-state index in [1.165, 1.54) is 0 Å². The van der Waals surface area contributed by atoms with Gasteiger partial charge in [0.1, 0.15) is 11.7 Å². The van der Waals surface area contributed by atoms with Crippen molar-refractivity contribution in [1.82, 2.24) is 24.8 Å². The third-order valence-corrected chi connectivity index (χ3v) is 6.38. The lowest BCUT2D eigenvalue weighted by Gasteiger charge is -2.43. The Morgan fingerprint density at radius 1 is 1.12 bits per heavy atom. The number of likely N-dealkylation sites (tertiary alicyclic amines) is 1. The Morgan fingerprint density at radius 2 is 1.91 bits per heavy atom. The Hall–Kier alpha value is -4.06. The predicted molar refractivity (Wildman–Crippen MR) is 124 cm³/mol. The number of anilines is 1. The van der Waals surface area contributed by atoms with Crippen molar-refractivity contribution in [2.24, 2.45) is 0 Å². The summed E-state index contributed by atoms with van der Waals surface area (Å²) in [4.78, 5) is 47.5. The number of fused-ring (bicyclic) bond motifs is 3. The molecule has 9 heteroatoms. The maximum atomic E-state index is 13.4. The van der Waals surface area contributed by atoms with Crippen LogP contribution in [0.4, 0.5) is 16.3 Å². The molecule has 2 aliphatic heterocycles. The van der Waals surface area contributed by atoms with E-state index in [0.717, 1.165) is 16.8 Å². The number of carbonyl (C=O) groups excluding carboxylic acids is 2. The Kier molecular flexibility index (Phi) is 5.13. The number of hydrogen-bond acceptors (Lipinski definition) is 5. The second kappa shape index (κ2) is 8.13. The van der Waals surface area contributed by atoms with Gasteiger partial charge in [-0.05, 0) is 31.0 Å². The topological polar surface area (TPSA) is 86.9 Å². The molecule has 1 fully saturated rings. The molecule has 166 valence electrons. The summed E-state index contributed by atoms with van der Waals surface area (Å²) in [6, 6.07) is 7.19. The fourth-order valence-electron chi connectivity index (χ4n) is 4.62. The van der Waals surface area contributed by atoms with Gasteiger partial charge in [-0.15, -0.1) is 4.98 Å². The summed E-state index contributed by atoms with van der Waals surface area (Å²) < 4.78 is 0. The lowest BCUT2D eigenvalue weighted by Crippen LogP contribution is -2.54. The van der Waals surface area contributed by atoms with Crippen LogP contribution in [0.1, 0.15) is 25.3 Å². The number of hydrogen-bond donors (Lipinski definition) is 0. The Bertz CT molecular complexity index is 1290. The van der Waals surface area contributed by atoms with E-state index in [0.29, 0.717) is 55.0 Å². The van der Waals surface area contributed by atoms with Crippen molar-refractivity contribution in [2.75, 3.05) is 25.0 Å². The molecule has 0 atom stereocenters. The average Bonchev–Trinajstić information content (AvgIpc) is 2.84. The number of rotatable bonds is 2. The minimum atomic E-state index is -0.0634. The summed E-state index contributed by atoms with van der Waals surface area (Å²) in [7, 11) is 1.79. The summed E-state index contributed by atoms with van der Waals surface area (Å²) >= 11 is 0. The number of carbonyl (C=O) groups is 2. The molecule has 5 heterocycles. The lowest BCUT2D eigenvalue weighted by atomic mass is 9.99. The van der Waals surface area contributed by atoms with Crippen molar-refractivity contribution < 1.29 is 9.59 Å². The molecule has 0 radical (unpaired) electrons. The zero-order valence-electron chi connectivity index (χ0n) is 18.5. The highest BCUT2D eigenvalue weighted by Gasteiger charge is 2.37. The van der Waals surface area contributed by atoms with Gasteiger partial charge in [-0.25, -0.2) is 9.78 Å². The van der Waals surface area contributed by atoms with Gasteiger partial charge in [0.15, 0.2) is 0 Å². The van der Waals surface area contributed by atoms with Crippen LogP contribution in [0.3, 0.4) is 0 Å². The minimum Gasteiger partial charge on any atom is -0.361 e. The molecular formula is C24H23N7O2. The van der Waals surface area contributed by atoms with Gasteiger partial charge >= 0.3 is 6.03 Å². The molecule has 2 aliphatic rings. The average molecular weight is 441 g/mol. The third-order valence-electron chi connectivity index (χ3n) is 6.38. The predicted octanol–water partition coefficient (Wildman–Crippen LogP) is 3.63. The van der Waals surface area contributed by atoms with E-state index in [9.17, 15) is 9.59 Å². The van der Waals surface area contributed by atoms with Gasteiger partial charge in [-0.3, -0.25) is 14.7 Å². The maximum Gasteiger partial charge on any atom is 0.324 e. The fraction of sp³-hybridized carbons (Fsp3) is 0.333. The second-order valence-electron chi connectivity index (χ2n) is 8.46.